The van der Waals surface area contributed by atoms with Gasteiger partial charge < -0.3 is 19.1 Å². The van der Waals surface area contributed by atoms with Crippen LogP contribution in [0.15, 0.2) is 42.5 Å². The molecule has 0 unspecified atom stereocenters. The van der Waals surface area contributed by atoms with Gasteiger partial charge in [-0.05, 0) is 5.56 Å². The molecule has 1 fully saturated rings. The average Bonchev–Trinajstić information content (AvgIpc) is 3.12. The quantitative estimate of drug-likeness (QED) is 0.407. The SMILES string of the molecule is O=C(OCc1cc([N+](=O)[O-])cc2c1OCOC2)[C@@H]1CC(=O)N(Cc2ccccc2)C1. The van der Waals surface area contributed by atoms with Crippen molar-refractivity contribution in [2.75, 3.05) is 13.3 Å². The van der Waals surface area contributed by atoms with E-state index in [-0.39, 0.29) is 44.6 Å². The molecule has 0 bridgehead atoms. The number of nitro groups is 1. The normalized spacial score (nSPS) is 17.9. The van der Waals surface area contributed by atoms with Crippen LogP contribution in [0.4, 0.5) is 5.69 Å². The number of nitro benzene ring substituents is 1. The van der Waals surface area contributed by atoms with Gasteiger partial charge in [-0.15, -0.1) is 0 Å². The minimum absolute atomic E-state index is 0.0251. The summed E-state index contributed by atoms with van der Waals surface area (Å²) in [6, 6.07) is 12.3. The van der Waals surface area contributed by atoms with Crippen molar-refractivity contribution in [2.24, 2.45) is 5.92 Å². The van der Waals surface area contributed by atoms with Crippen molar-refractivity contribution >= 4 is 17.6 Å². The third kappa shape index (κ3) is 4.25. The molecule has 2 aliphatic rings. The molecule has 9 heteroatoms. The summed E-state index contributed by atoms with van der Waals surface area (Å²) >= 11 is 0. The summed E-state index contributed by atoms with van der Waals surface area (Å²) in [6.45, 7) is 0.757. The molecule has 1 amide bonds. The molecule has 156 valence electrons. The predicted molar refractivity (Wildman–Crippen MR) is 103 cm³/mol. The molecule has 9 nitrogen and oxygen atoms in total. The summed E-state index contributed by atoms with van der Waals surface area (Å²) in [7, 11) is 0. The van der Waals surface area contributed by atoms with Crippen LogP contribution in [0.5, 0.6) is 5.75 Å². The Bertz CT molecular complexity index is 977. The summed E-state index contributed by atoms with van der Waals surface area (Å²) in [6.07, 6.45) is 0.0864. The molecule has 1 atom stereocenters. The van der Waals surface area contributed by atoms with Crippen LogP contribution < -0.4 is 4.74 Å². The Hall–Kier alpha value is -3.46. The van der Waals surface area contributed by atoms with Crippen molar-refractivity contribution < 1.29 is 28.7 Å². The number of hydrogen-bond donors (Lipinski definition) is 0. The van der Waals surface area contributed by atoms with E-state index in [0.29, 0.717) is 23.4 Å². The Kier molecular flexibility index (Phi) is 5.62. The van der Waals surface area contributed by atoms with Crippen LogP contribution in [0.1, 0.15) is 23.1 Å². The number of ether oxygens (including phenoxy) is 3. The van der Waals surface area contributed by atoms with Crippen LogP contribution in [-0.4, -0.2) is 35.0 Å². The number of benzene rings is 2. The van der Waals surface area contributed by atoms with Gasteiger partial charge in [-0.1, -0.05) is 30.3 Å². The summed E-state index contributed by atoms with van der Waals surface area (Å²) in [5, 5.41) is 11.2. The second kappa shape index (κ2) is 8.50. The van der Waals surface area contributed by atoms with Crippen molar-refractivity contribution in [3.63, 3.8) is 0 Å². The van der Waals surface area contributed by atoms with Crippen molar-refractivity contribution in [1.82, 2.24) is 4.90 Å². The Balaban J connectivity index is 1.41. The van der Waals surface area contributed by atoms with Crippen LogP contribution in [0.2, 0.25) is 0 Å². The highest BCUT2D eigenvalue weighted by molar-refractivity contribution is 5.86. The summed E-state index contributed by atoms with van der Waals surface area (Å²) in [4.78, 5) is 37.1. The Labute approximate surface area is 172 Å². The predicted octanol–water partition coefficient (Wildman–Crippen LogP) is 2.55. The van der Waals surface area contributed by atoms with Gasteiger partial charge in [0.25, 0.3) is 5.69 Å². The lowest BCUT2D eigenvalue weighted by molar-refractivity contribution is -0.385. The molecule has 0 spiro atoms. The van der Waals surface area contributed by atoms with Crippen molar-refractivity contribution in [1.29, 1.82) is 0 Å². The zero-order valence-corrected chi connectivity index (χ0v) is 16.1. The third-order valence-corrected chi connectivity index (χ3v) is 5.12. The van der Waals surface area contributed by atoms with Gasteiger partial charge in [0, 0.05) is 42.8 Å². The first kappa shape index (κ1) is 19.8. The summed E-state index contributed by atoms with van der Waals surface area (Å²) < 4.78 is 16.0. The molecule has 2 aliphatic heterocycles. The number of fused-ring (bicyclic) bond motifs is 1. The first-order valence-electron chi connectivity index (χ1n) is 9.50. The largest absolute Gasteiger partial charge is 0.467 e. The Morgan fingerprint density at radius 3 is 2.83 bits per heavy atom. The van der Waals surface area contributed by atoms with Gasteiger partial charge in [-0.3, -0.25) is 19.7 Å². The van der Waals surface area contributed by atoms with E-state index < -0.39 is 16.8 Å². The molecule has 0 radical (unpaired) electrons. The number of hydrogen-bond acceptors (Lipinski definition) is 7. The van der Waals surface area contributed by atoms with Crippen molar-refractivity contribution in [2.45, 2.75) is 26.2 Å². The number of non-ortho nitro benzene ring substituents is 1. The van der Waals surface area contributed by atoms with E-state index in [0.717, 1.165) is 5.56 Å². The monoisotopic (exact) mass is 412 g/mol. The number of carbonyl (C=O) groups is 2. The van der Waals surface area contributed by atoms with E-state index in [1.165, 1.54) is 12.1 Å². The number of likely N-dealkylation sites (tertiary alicyclic amines) is 1. The highest BCUT2D eigenvalue weighted by Crippen LogP contribution is 2.33. The van der Waals surface area contributed by atoms with Gasteiger partial charge in [-0.25, -0.2) is 0 Å². The molecule has 1 saturated heterocycles. The fraction of sp³-hybridized carbons (Fsp3) is 0.333. The molecule has 0 aliphatic carbocycles. The van der Waals surface area contributed by atoms with Crippen molar-refractivity contribution in [3.05, 3.63) is 69.3 Å². The van der Waals surface area contributed by atoms with Crippen LogP contribution in [-0.2, 0) is 38.8 Å². The molecule has 0 saturated carbocycles. The van der Waals surface area contributed by atoms with E-state index in [4.69, 9.17) is 14.2 Å². The van der Waals surface area contributed by atoms with E-state index in [1.807, 2.05) is 30.3 Å². The highest BCUT2D eigenvalue weighted by atomic mass is 16.7. The molecule has 30 heavy (non-hydrogen) atoms. The van der Waals surface area contributed by atoms with E-state index in [2.05, 4.69) is 0 Å². The number of rotatable bonds is 6. The van der Waals surface area contributed by atoms with Gasteiger partial charge in [0.15, 0.2) is 6.79 Å². The minimum atomic E-state index is -0.569. The molecular weight excluding hydrogens is 392 g/mol. The van der Waals surface area contributed by atoms with Gasteiger partial charge in [0.1, 0.15) is 12.4 Å². The van der Waals surface area contributed by atoms with Crippen LogP contribution in [0.3, 0.4) is 0 Å². The number of amides is 1. The topological polar surface area (TPSA) is 108 Å². The Morgan fingerprint density at radius 1 is 1.27 bits per heavy atom. The van der Waals surface area contributed by atoms with Gasteiger partial charge >= 0.3 is 5.97 Å². The van der Waals surface area contributed by atoms with E-state index >= 15 is 0 Å². The maximum Gasteiger partial charge on any atom is 0.311 e. The lowest BCUT2D eigenvalue weighted by Gasteiger charge is -2.21. The third-order valence-electron chi connectivity index (χ3n) is 5.12. The van der Waals surface area contributed by atoms with Gasteiger partial charge in [0.2, 0.25) is 5.91 Å². The Morgan fingerprint density at radius 2 is 2.07 bits per heavy atom. The zero-order valence-electron chi connectivity index (χ0n) is 16.1. The molecule has 2 heterocycles. The van der Waals surface area contributed by atoms with Crippen LogP contribution in [0, 0.1) is 16.0 Å². The second-order valence-electron chi connectivity index (χ2n) is 7.23. The fourth-order valence-corrected chi connectivity index (χ4v) is 3.65. The molecular formula is C21H20N2O7. The van der Waals surface area contributed by atoms with Gasteiger partial charge in [-0.2, -0.15) is 0 Å². The second-order valence-corrected chi connectivity index (χ2v) is 7.23. The van der Waals surface area contributed by atoms with E-state index in [9.17, 15) is 19.7 Å². The molecule has 4 rings (SSSR count). The smallest absolute Gasteiger partial charge is 0.311 e. The van der Waals surface area contributed by atoms with Crippen molar-refractivity contribution in [3.8, 4) is 5.75 Å². The number of nitrogens with zero attached hydrogens (tertiary/aromatic N) is 2. The zero-order chi connectivity index (χ0) is 21.1. The molecule has 0 aromatic heterocycles. The molecule has 2 aromatic rings. The summed E-state index contributed by atoms with van der Waals surface area (Å²) in [5.41, 5.74) is 1.80. The first-order valence-corrected chi connectivity index (χ1v) is 9.50. The number of esters is 1. The molecule has 0 N–H and O–H groups in total. The van der Waals surface area contributed by atoms with Crippen LogP contribution >= 0.6 is 0 Å². The van der Waals surface area contributed by atoms with Gasteiger partial charge in [0.05, 0.1) is 17.4 Å². The lowest BCUT2D eigenvalue weighted by atomic mass is 10.1. The van der Waals surface area contributed by atoms with E-state index in [1.54, 1.807) is 4.90 Å². The maximum atomic E-state index is 12.5. The van der Waals surface area contributed by atoms with Crippen LogP contribution in [0.25, 0.3) is 0 Å². The standard InChI is InChI=1S/C21H20N2O7/c24-19-8-15(10-22(19)9-14-4-2-1-3-5-14)21(25)29-12-17-7-18(23(26)27)6-16-11-28-13-30-20(16)17/h1-7,15H,8-13H2/t15-/m1/s1. The first-order chi connectivity index (χ1) is 14.5. The average molecular weight is 412 g/mol. The minimum Gasteiger partial charge on any atom is -0.467 e. The highest BCUT2D eigenvalue weighted by Gasteiger charge is 2.35. The maximum absolute atomic E-state index is 12.5. The lowest BCUT2D eigenvalue weighted by Crippen LogP contribution is -2.26. The number of carbonyl (C=O) groups excluding carboxylic acids is 2. The summed E-state index contributed by atoms with van der Waals surface area (Å²) in [5.74, 6) is -0.743. The molecule has 2 aromatic carbocycles. The fourth-order valence-electron chi connectivity index (χ4n) is 3.65.